The molecule has 0 aromatic heterocycles. The lowest BCUT2D eigenvalue weighted by atomic mass is 10.0. The van der Waals surface area contributed by atoms with Crippen LogP contribution in [0.4, 0.5) is 10.1 Å². The number of fused-ring (bicyclic) bond motifs is 1. The van der Waals surface area contributed by atoms with E-state index in [1.807, 2.05) is 6.07 Å². The second kappa shape index (κ2) is 5.85. The van der Waals surface area contributed by atoms with Gasteiger partial charge in [0.15, 0.2) is 0 Å². The van der Waals surface area contributed by atoms with Crippen molar-refractivity contribution in [3.63, 3.8) is 0 Å². The maximum absolute atomic E-state index is 14.4. The number of hydrogen-bond donors (Lipinski definition) is 0. The fourth-order valence-electron chi connectivity index (χ4n) is 2.92. The third kappa shape index (κ3) is 2.79. The molecule has 0 spiro atoms. The van der Waals surface area contributed by atoms with Gasteiger partial charge in [0, 0.05) is 6.54 Å². The Balaban J connectivity index is 2.08. The van der Waals surface area contributed by atoms with Crippen LogP contribution in [0.3, 0.4) is 0 Å². The number of nitrogens with zero attached hydrogens (tertiary/aromatic N) is 1. The highest BCUT2D eigenvalue weighted by molar-refractivity contribution is 7.92. The first-order chi connectivity index (χ1) is 10.9. The third-order valence-electron chi connectivity index (χ3n) is 3.99. The summed E-state index contributed by atoms with van der Waals surface area (Å²) >= 11 is 0. The molecular weight excluding hydrogens is 317 g/mol. The molecule has 0 aliphatic carbocycles. The van der Waals surface area contributed by atoms with Crippen molar-refractivity contribution < 1.29 is 17.5 Å². The Morgan fingerprint density at radius 3 is 2.52 bits per heavy atom. The topological polar surface area (TPSA) is 46.6 Å². The fourth-order valence-corrected chi connectivity index (χ4v) is 4.47. The second-order valence-corrected chi connectivity index (χ2v) is 7.47. The van der Waals surface area contributed by atoms with E-state index < -0.39 is 15.8 Å². The predicted molar refractivity (Wildman–Crippen MR) is 87.0 cm³/mol. The molecule has 2 aromatic carbocycles. The van der Waals surface area contributed by atoms with E-state index in [4.69, 9.17) is 4.74 Å². The van der Waals surface area contributed by atoms with Gasteiger partial charge in [-0.05, 0) is 61.2 Å². The summed E-state index contributed by atoms with van der Waals surface area (Å²) in [5, 5.41) is 0. The summed E-state index contributed by atoms with van der Waals surface area (Å²) in [6.45, 7) is 2.08. The van der Waals surface area contributed by atoms with E-state index in [9.17, 15) is 12.8 Å². The zero-order valence-electron chi connectivity index (χ0n) is 13.0. The van der Waals surface area contributed by atoms with Gasteiger partial charge in [0.25, 0.3) is 10.0 Å². The summed E-state index contributed by atoms with van der Waals surface area (Å²) in [4.78, 5) is 0.131. The van der Waals surface area contributed by atoms with Crippen LogP contribution in [0.15, 0.2) is 41.3 Å². The lowest BCUT2D eigenvalue weighted by Gasteiger charge is -2.31. The zero-order chi connectivity index (χ0) is 16.6. The number of ether oxygens (including phenoxy) is 1. The largest absolute Gasteiger partial charge is 0.497 e. The first-order valence-corrected chi connectivity index (χ1v) is 8.83. The van der Waals surface area contributed by atoms with Crippen LogP contribution in [0.1, 0.15) is 17.5 Å². The van der Waals surface area contributed by atoms with Crippen molar-refractivity contribution in [1.82, 2.24) is 0 Å². The molecule has 3 rings (SSSR count). The summed E-state index contributed by atoms with van der Waals surface area (Å²) < 4.78 is 46.5. The summed E-state index contributed by atoms with van der Waals surface area (Å²) in [6.07, 6.45) is 1.36. The van der Waals surface area contributed by atoms with E-state index in [-0.39, 0.29) is 17.1 Å². The molecule has 1 aliphatic rings. The Bertz CT molecular complexity index is 832. The molecule has 1 heterocycles. The highest BCUT2D eigenvalue weighted by Gasteiger charge is 2.31. The lowest BCUT2D eigenvalue weighted by molar-refractivity contribution is 0.414. The van der Waals surface area contributed by atoms with Crippen LogP contribution in [-0.2, 0) is 16.4 Å². The van der Waals surface area contributed by atoms with Crippen LogP contribution in [0.5, 0.6) is 5.75 Å². The molecular formula is C17H18FNO3S. The Hall–Kier alpha value is -2.08. The maximum atomic E-state index is 14.4. The van der Waals surface area contributed by atoms with Crippen LogP contribution in [-0.4, -0.2) is 22.1 Å². The molecule has 2 aromatic rings. The number of halogens is 1. The van der Waals surface area contributed by atoms with Gasteiger partial charge in [-0.3, -0.25) is 4.31 Å². The van der Waals surface area contributed by atoms with Crippen LogP contribution >= 0.6 is 0 Å². The van der Waals surface area contributed by atoms with Gasteiger partial charge in [-0.15, -0.1) is 0 Å². The van der Waals surface area contributed by atoms with Crippen molar-refractivity contribution in [2.24, 2.45) is 0 Å². The number of methoxy groups -OCH3 is 1. The molecule has 0 radical (unpaired) electrons. The van der Waals surface area contributed by atoms with Crippen molar-refractivity contribution in [1.29, 1.82) is 0 Å². The fraction of sp³-hybridized carbons (Fsp3) is 0.294. The monoisotopic (exact) mass is 335 g/mol. The molecule has 0 atom stereocenters. The van der Waals surface area contributed by atoms with Gasteiger partial charge in [0.1, 0.15) is 11.6 Å². The van der Waals surface area contributed by atoms with Crippen LogP contribution in [0.25, 0.3) is 0 Å². The van der Waals surface area contributed by atoms with Crippen molar-refractivity contribution in [3.05, 3.63) is 53.3 Å². The van der Waals surface area contributed by atoms with Gasteiger partial charge in [0.05, 0.1) is 17.7 Å². The van der Waals surface area contributed by atoms with Crippen molar-refractivity contribution in [2.45, 2.75) is 24.7 Å². The predicted octanol–water partition coefficient (Wildman–Crippen LogP) is 3.28. The van der Waals surface area contributed by atoms with Gasteiger partial charge >= 0.3 is 0 Å². The molecule has 0 amide bonds. The number of sulfonamides is 1. The second-order valence-electron chi connectivity index (χ2n) is 5.61. The lowest BCUT2D eigenvalue weighted by Crippen LogP contribution is -2.36. The van der Waals surface area contributed by atoms with Crippen molar-refractivity contribution >= 4 is 15.7 Å². The third-order valence-corrected chi connectivity index (χ3v) is 5.80. The number of benzene rings is 2. The summed E-state index contributed by atoms with van der Waals surface area (Å²) in [7, 11) is -2.28. The van der Waals surface area contributed by atoms with E-state index in [1.54, 1.807) is 19.1 Å². The molecule has 0 N–H and O–H groups in total. The zero-order valence-corrected chi connectivity index (χ0v) is 13.9. The molecule has 6 heteroatoms. The molecule has 122 valence electrons. The summed E-state index contributed by atoms with van der Waals surface area (Å²) in [5.74, 6) is 0.0848. The minimum atomic E-state index is -3.80. The molecule has 0 saturated heterocycles. The first kappa shape index (κ1) is 15.8. The number of aryl methyl sites for hydroxylation is 2. The smallest absolute Gasteiger partial charge is 0.264 e. The van der Waals surface area contributed by atoms with E-state index >= 15 is 0 Å². The van der Waals surface area contributed by atoms with E-state index in [0.717, 1.165) is 11.1 Å². The minimum absolute atomic E-state index is 0.131. The van der Waals surface area contributed by atoms with Gasteiger partial charge < -0.3 is 4.74 Å². The Labute approximate surface area is 135 Å². The van der Waals surface area contributed by atoms with Crippen LogP contribution in [0.2, 0.25) is 0 Å². The molecule has 0 fully saturated rings. The Kier molecular flexibility index (Phi) is 4.02. The Morgan fingerprint density at radius 1 is 1.17 bits per heavy atom. The number of rotatable bonds is 3. The molecule has 0 saturated carbocycles. The average molecular weight is 335 g/mol. The van der Waals surface area contributed by atoms with Crippen LogP contribution in [0, 0.1) is 12.7 Å². The van der Waals surface area contributed by atoms with Gasteiger partial charge in [-0.25, -0.2) is 12.8 Å². The number of anilines is 1. The first-order valence-electron chi connectivity index (χ1n) is 7.39. The molecule has 4 nitrogen and oxygen atoms in total. The Morgan fingerprint density at radius 2 is 1.87 bits per heavy atom. The maximum Gasteiger partial charge on any atom is 0.264 e. The van der Waals surface area contributed by atoms with Crippen LogP contribution < -0.4 is 9.04 Å². The normalized spacial score (nSPS) is 14.5. The molecule has 1 aliphatic heterocycles. The molecule has 0 bridgehead atoms. The quantitative estimate of drug-likeness (QED) is 0.865. The highest BCUT2D eigenvalue weighted by atomic mass is 32.2. The molecule has 0 unspecified atom stereocenters. The SMILES string of the molecule is COc1ccc(S(=O)(=O)N2CCCc3cc(C)cc(F)c32)cc1. The number of hydrogen-bond acceptors (Lipinski definition) is 3. The minimum Gasteiger partial charge on any atom is -0.497 e. The van der Waals surface area contributed by atoms with E-state index in [0.29, 0.717) is 18.6 Å². The van der Waals surface area contributed by atoms with Crippen molar-refractivity contribution in [3.8, 4) is 5.75 Å². The van der Waals surface area contributed by atoms with Gasteiger partial charge in [-0.1, -0.05) is 6.07 Å². The van der Waals surface area contributed by atoms with Crippen molar-refractivity contribution in [2.75, 3.05) is 18.0 Å². The average Bonchev–Trinajstić information content (AvgIpc) is 2.54. The standard InChI is InChI=1S/C17H18FNO3S/c1-12-10-13-4-3-9-19(17(13)16(18)11-12)23(20,21)15-7-5-14(22-2)6-8-15/h5-8,10-11H,3-4,9H2,1-2H3. The van der Waals surface area contributed by atoms with Gasteiger partial charge in [0.2, 0.25) is 0 Å². The van der Waals surface area contributed by atoms with E-state index in [2.05, 4.69) is 0 Å². The summed E-state index contributed by atoms with van der Waals surface area (Å²) in [6, 6.07) is 9.37. The van der Waals surface area contributed by atoms with Gasteiger partial charge in [-0.2, -0.15) is 0 Å². The summed E-state index contributed by atoms with van der Waals surface area (Å²) in [5.41, 5.74) is 1.72. The molecule has 23 heavy (non-hydrogen) atoms. The van der Waals surface area contributed by atoms with E-state index in [1.165, 1.54) is 29.6 Å². The highest BCUT2D eigenvalue weighted by Crippen LogP contribution is 2.35.